The average molecular weight is 455 g/mol. The molecule has 0 spiro atoms. The molecule has 0 saturated heterocycles. The van der Waals surface area contributed by atoms with Crippen molar-refractivity contribution in [1.82, 2.24) is 0 Å². The maximum Gasteiger partial charge on any atom is 0.123 e. The van der Waals surface area contributed by atoms with Gasteiger partial charge in [-0.05, 0) is 60.7 Å². The van der Waals surface area contributed by atoms with E-state index in [1.54, 1.807) is 0 Å². The van der Waals surface area contributed by atoms with Crippen molar-refractivity contribution < 1.29 is 12.4 Å². The zero-order valence-corrected chi connectivity index (χ0v) is 19.0. The summed E-state index contributed by atoms with van der Waals surface area (Å²) >= 11 is 8.00. The molecule has 0 unspecified atom stereocenters. The van der Waals surface area contributed by atoms with Crippen LogP contribution >= 0.6 is 30.6 Å². The third kappa shape index (κ3) is 4.87. The summed E-state index contributed by atoms with van der Waals surface area (Å²) < 4.78 is 0. The first-order valence-corrected chi connectivity index (χ1v) is 12.6. The van der Waals surface area contributed by atoms with Gasteiger partial charge >= 0.3 is 0 Å². The van der Waals surface area contributed by atoms with Crippen LogP contribution in [0.4, 0.5) is 0 Å². The van der Waals surface area contributed by atoms with Gasteiger partial charge in [-0.3, -0.25) is 0 Å². The fraction of sp³-hybridized carbons (Fsp3) is 0.0400. The molecular formula is C25H21Cl2PS. The minimum atomic E-state index is -1.80. The summed E-state index contributed by atoms with van der Waals surface area (Å²) in [6, 6.07) is 41.1. The molecule has 0 N–H and O–H groups in total. The average Bonchev–Trinajstić information content (AvgIpc) is 2.78. The molecule has 0 radical (unpaired) electrons. The quantitative estimate of drug-likeness (QED) is 0.317. The van der Waals surface area contributed by atoms with Gasteiger partial charge in [0.25, 0.3) is 0 Å². The van der Waals surface area contributed by atoms with Crippen molar-refractivity contribution in [1.29, 1.82) is 0 Å². The Kier molecular flexibility index (Phi) is 7.81. The van der Waals surface area contributed by atoms with Crippen molar-refractivity contribution in [2.75, 3.05) is 5.49 Å². The van der Waals surface area contributed by atoms with E-state index in [1.807, 2.05) is 23.9 Å². The van der Waals surface area contributed by atoms with E-state index >= 15 is 0 Å². The lowest BCUT2D eigenvalue weighted by Gasteiger charge is -2.27. The van der Waals surface area contributed by atoms with E-state index in [2.05, 4.69) is 103 Å². The molecule has 0 aliphatic rings. The summed E-state index contributed by atoms with van der Waals surface area (Å²) in [4.78, 5) is 1.25. The second kappa shape index (κ2) is 10.3. The summed E-state index contributed by atoms with van der Waals surface area (Å²) in [5.41, 5.74) is 1.01. The zero-order chi connectivity index (χ0) is 19.2. The third-order valence-corrected chi connectivity index (χ3v) is 11.3. The molecule has 0 fully saturated rings. The molecule has 0 amide bonds. The van der Waals surface area contributed by atoms with Crippen molar-refractivity contribution in [2.24, 2.45) is 0 Å². The van der Waals surface area contributed by atoms with Crippen LogP contribution in [0.25, 0.3) is 0 Å². The summed E-state index contributed by atoms with van der Waals surface area (Å²) in [6.45, 7) is 0. The highest BCUT2D eigenvalue weighted by Gasteiger charge is 2.45. The minimum Gasteiger partial charge on any atom is -1.00 e. The van der Waals surface area contributed by atoms with Gasteiger partial charge in [-0.1, -0.05) is 78.0 Å². The van der Waals surface area contributed by atoms with E-state index in [0.29, 0.717) is 0 Å². The second-order valence-electron chi connectivity index (χ2n) is 6.54. The number of hydrogen-bond acceptors (Lipinski definition) is 1. The van der Waals surface area contributed by atoms with E-state index in [0.717, 1.165) is 10.5 Å². The highest BCUT2D eigenvalue weighted by molar-refractivity contribution is 8.13. The largest absolute Gasteiger partial charge is 1.00 e. The summed E-state index contributed by atoms with van der Waals surface area (Å²) in [7, 11) is -1.80. The maximum absolute atomic E-state index is 6.09. The predicted molar refractivity (Wildman–Crippen MR) is 127 cm³/mol. The van der Waals surface area contributed by atoms with E-state index in [9.17, 15) is 0 Å². The highest BCUT2D eigenvalue weighted by atomic mass is 35.5. The van der Waals surface area contributed by atoms with E-state index in [-0.39, 0.29) is 12.4 Å². The minimum absolute atomic E-state index is 0. The van der Waals surface area contributed by atoms with E-state index in [1.165, 1.54) is 20.8 Å². The summed E-state index contributed by atoms with van der Waals surface area (Å²) in [5, 5.41) is 5.01. The first-order valence-electron chi connectivity index (χ1n) is 9.22. The number of halogens is 2. The Morgan fingerprint density at radius 3 is 1.31 bits per heavy atom. The Balaban J connectivity index is 0.00000240. The second-order valence-corrected chi connectivity index (χ2v) is 11.9. The summed E-state index contributed by atoms with van der Waals surface area (Å²) in [6.07, 6.45) is 0. The summed E-state index contributed by atoms with van der Waals surface area (Å²) in [5.74, 6) is 0. The van der Waals surface area contributed by atoms with Crippen LogP contribution in [0.15, 0.2) is 120 Å². The van der Waals surface area contributed by atoms with Crippen LogP contribution in [0.2, 0.25) is 5.02 Å². The SMILES string of the molecule is Clc1ccc(SC[P+](c2ccccc2)(c2ccccc2)c2ccccc2)cc1.[Cl-]. The molecule has 0 bridgehead atoms. The standard InChI is InChI=1S/C25H21ClPS.ClH/c26-21-16-18-25(19-17-21)28-20-27(22-10-4-1-5-11-22,23-12-6-2-7-13-23)24-14-8-3-9-15-24;/h1-19H,20H2;1H/q+1;/p-1. The Morgan fingerprint density at radius 1 is 0.552 bits per heavy atom. The monoisotopic (exact) mass is 454 g/mol. The fourth-order valence-electron chi connectivity index (χ4n) is 3.42. The molecule has 29 heavy (non-hydrogen) atoms. The molecule has 0 saturated carbocycles. The molecule has 0 nitrogen and oxygen atoms in total. The van der Waals surface area contributed by atoms with Crippen LogP contribution in [0.1, 0.15) is 0 Å². The molecule has 146 valence electrons. The predicted octanol–water partition coefficient (Wildman–Crippen LogP) is 3.39. The normalized spacial score (nSPS) is 10.9. The molecule has 0 atom stereocenters. The van der Waals surface area contributed by atoms with Crippen LogP contribution in [0.5, 0.6) is 0 Å². The molecule has 0 aromatic heterocycles. The molecule has 4 aromatic rings. The lowest BCUT2D eigenvalue weighted by Crippen LogP contribution is -3.00. The first-order chi connectivity index (χ1) is 13.8. The van der Waals surface area contributed by atoms with Crippen LogP contribution in [0, 0.1) is 0 Å². The maximum atomic E-state index is 6.09. The van der Waals surface area contributed by atoms with Gasteiger partial charge in [0, 0.05) is 9.92 Å². The number of benzene rings is 4. The highest BCUT2D eigenvalue weighted by Crippen LogP contribution is 2.58. The van der Waals surface area contributed by atoms with Gasteiger partial charge in [0.15, 0.2) is 0 Å². The Morgan fingerprint density at radius 2 is 0.931 bits per heavy atom. The van der Waals surface area contributed by atoms with E-state index < -0.39 is 7.26 Å². The van der Waals surface area contributed by atoms with Gasteiger partial charge in [-0.25, -0.2) is 0 Å². The fourth-order valence-corrected chi connectivity index (χ4v) is 9.97. The topological polar surface area (TPSA) is 0 Å². The van der Waals surface area contributed by atoms with Gasteiger partial charge in [0.2, 0.25) is 0 Å². The third-order valence-electron chi connectivity index (χ3n) is 4.83. The van der Waals surface area contributed by atoms with Crippen molar-refractivity contribution in [3.63, 3.8) is 0 Å². The van der Waals surface area contributed by atoms with Gasteiger partial charge in [0.1, 0.15) is 28.7 Å². The molecule has 4 heteroatoms. The van der Waals surface area contributed by atoms with Gasteiger partial charge in [0.05, 0.1) is 0 Å². The van der Waals surface area contributed by atoms with Gasteiger partial charge in [-0.2, -0.15) is 0 Å². The zero-order valence-electron chi connectivity index (χ0n) is 15.8. The lowest BCUT2D eigenvalue weighted by molar-refractivity contribution is -0.00000526. The molecule has 4 aromatic carbocycles. The van der Waals surface area contributed by atoms with Gasteiger partial charge in [-0.15, -0.1) is 0 Å². The van der Waals surface area contributed by atoms with Crippen LogP contribution < -0.4 is 28.3 Å². The van der Waals surface area contributed by atoms with Crippen LogP contribution in [-0.2, 0) is 0 Å². The number of hydrogen-bond donors (Lipinski definition) is 0. The molecular weight excluding hydrogens is 434 g/mol. The van der Waals surface area contributed by atoms with Crippen LogP contribution in [0.3, 0.4) is 0 Å². The van der Waals surface area contributed by atoms with Crippen molar-refractivity contribution >= 4 is 46.5 Å². The van der Waals surface area contributed by atoms with Crippen molar-refractivity contribution in [3.8, 4) is 0 Å². The Hall–Kier alpha value is -1.76. The van der Waals surface area contributed by atoms with Crippen molar-refractivity contribution in [2.45, 2.75) is 4.90 Å². The first kappa shape index (κ1) is 21.9. The smallest absolute Gasteiger partial charge is 0.123 e. The van der Waals surface area contributed by atoms with Crippen molar-refractivity contribution in [3.05, 3.63) is 120 Å². The Bertz CT molecular complexity index is 910. The molecule has 0 aliphatic heterocycles. The number of rotatable bonds is 6. The molecule has 4 rings (SSSR count). The molecule has 0 aliphatic carbocycles. The van der Waals surface area contributed by atoms with Crippen LogP contribution in [-0.4, -0.2) is 5.49 Å². The lowest BCUT2D eigenvalue weighted by atomic mass is 10.4. The van der Waals surface area contributed by atoms with Gasteiger partial charge < -0.3 is 12.4 Å². The van der Waals surface area contributed by atoms with E-state index in [4.69, 9.17) is 11.6 Å². The number of thioether (sulfide) groups is 1. The Labute approximate surface area is 189 Å². The molecule has 0 heterocycles.